The highest BCUT2D eigenvalue weighted by Gasteiger charge is 2.47. The number of sulfonamides is 1. The highest BCUT2D eigenvalue weighted by molar-refractivity contribution is 7.88. The SMILES string of the molecule is CC(C)N1CC2(CCN(S(C)(=O)=O)CC2)C[C@H]1COCC1CC1. The molecule has 1 saturated carbocycles. The molecule has 1 spiro atoms. The number of hydrogen-bond acceptors (Lipinski definition) is 4. The predicted octanol–water partition coefficient (Wildman–Crippen LogP) is 1.94. The molecule has 0 unspecified atom stereocenters. The molecule has 3 aliphatic rings. The number of hydrogen-bond donors (Lipinski definition) is 0. The van der Waals surface area contributed by atoms with Gasteiger partial charge in [-0.05, 0) is 57.3 Å². The molecule has 1 atom stereocenters. The van der Waals surface area contributed by atoms with Gasteiger partial charge < -0.3 is 4.74 Å². The molecule has 3 rings (SSSR count). The van der Waals surface area contributed by atoms with Crippen molar-refractivity contribution in [3.05, 3.63) is 0 Å². The third kappa shape index (κ3) is 4.27. The van der Waals surface area contributed by atoms with Gasteiger partial charge in [0, 0.05) is 38.3 Å². The molecule has 23 heavy (non-hydrogen) atoms. The molecule has 2 heterocycles. The Morgan fingerprint density at radius 1 is 1.17 bits per heavy atom. The van der Waals surface area contributed by atoms with Crippen molar-refractivity contribution in [1.29, 1.82) is 0 Å². The van der Waals surface area contributed by atoms with Crippen LogP contribution in [0.2, 0.25) is 0 Å². The van der Waals surface area contributed by atoms with Gasteiger partial charge in [0.05, 0.1) is 12.9 Å². The summed E-state index contributed by atoms with van der Waals surface area (Å²) in [6.45, 7) is 8.75. The zero-order valence-corrected chi connectivity index (χ0v) is 15.6. The van der Waals surface area contributed by atoms with Crippen LogP contribution in [0.4, 0.5) is 0 Å². The van der Waals surface area contributed by atoms with Gasteiger partial charge in [-0.3, -0.25) is 4.90 Å². The van der Waals surface area contributed by atoms with Crippen molar-refractivity contribution >= 4 is 10.0 Å². The van der Waals surface area contributed by atoms with E-state index in [0.29, 0.717) is 30.6 Å². The molecule has 2 aliphatic heterocycles. The fraction of sp³-hybridized carbons (Fsp3) is 1.00. The minimum Gasteiger partial charge on any atom is -0.380 e. The first-order valence-corrected chi connectivity index (χ1v) is 10.9. The van der Waals surface area contributed by atoms with E-state index in [9.17, 15) is 8.42 Å². The summed E-state index contributed by atoms with van der Waals surface area (Å²) in [6.07, 6.45) is 7.14. The van der Waals surface area contributed by atoms with Crippen molar-refractivity contribution in [2.75, 3.05) is 39.1 Å². The Hall–Kier alpha value is -0.170. The molecule has 1 aliphatic carbocycles. The van der Waals surface area contributed by atoms with Gasteiger partial charge in [-0.15, -0.1) is 0 Å². The van der Waals surface area contributed by atoms with E-state index in [0.717, 1.165) is 44.9 Å². The Kier molecular flexibility index (Phi) is 5.08. The Labute approximate surface area is 141 Å². The molecule has 2 saturated heterocycles. The van der Waals surface area contributed by atoms with Crippen molar-refractivity contribution in [1.82, 2.24) is 9.21 Å². The van der Waals surface area contributed by atoms with Crippen molar-refractivity contribution < 1.29 is 13.2 Å². The molecule has 0 bridgehead atoms. The third-order valence-corrected chi connectivity index (χ3v) is 7.23. The van der Waals surface area contributed by atoms with E-state index < -0.39 is 10.0 Å². The quantitative estimate of drug-likeness (QED) is 0.739. The predicted molar refractivity (Wildman–Crippen MR) is 91.9 cm³/mol. The number of nitrogens with zero attached hydrogens (tertiary/aromatic N) is 2. The van der Waals surface area contributed by atoms with Crippen molar-refractivity contribution in [3.63, 3.8) is 0 Å². The average Bonchev–Trinajstić information content (AvgIpc) is 3.21. The summed E-state index contributed by atoms with van der Waals surface area (Å²) >= 11 is 0. The molecule has 5 nitrogen and oxygen atoms in total. The summed E-state index contributed by atoms with van der Waals surface area (Å²) in [5.41, 5.74) is 0.291. The topological polar surface area (TPSA) is 49.9 Å². The zero-order chi connectivity index (χ0) is 16.7. The van der Waals surface area contributed by atoms with E-state index in [1.165, 1.54) is 19.1 Å². The molecule has 0 radical (unpaired) electrons. The first-order chi connectivity index (χ1) is 10.8. The van der Waals surface area contributed by atoms with Gasteiger partial charge >= 0.3 is 0 Å². The summed E-state index contributed by atoms with van der Waals surface area (Å²) in [5, 5.41) is 0. The first-order valence-electron chi connectivity index (χ1n) is 9.08. The largest absolute Gasteiger partial charge is 0.380 e. The van der Waals surface area contributed by atoms with Gasteiger partial charge in [0.25, 0.3) is 0 Å². The smallest absolute Gasteiger partial charge is 0.211 e. The van der Waals surface area contributed by atoms with Crippen molar-refractivity contribution in [2.45, 2.75) is 58.0 Å². The van der Waals surface area contributed by atoms with Gasteiger partial charge in [0.2, 0.25) is 10.0 Å². The normalized spacial score (nSPS) is 29.7. The summed E-state index contributed by atoms with van der Waals surface area (Å²) in [6, 6.07) is 1.02. The van der Waals surface area contributed by atoms with Gasteiger partial charge in [-0.25, -0.2) is 12.7 Å². The number of ether oxygens (including phenoxy) is 1. The maximum absolute atomic E-state index is 11.7. The molecular weight excluding hydrogens is 312 g/mol. The Morgan fingerprint density at radius 3 is 2.35 bits per heavy atom. The lowest BCUT2D eigenvalue weighted by atomic mass is 9.77. The van der Waals surface area contributed by atoms with Crippen LogP contribution in [-0.4, -0.2) is 68.8 Å². The highest BCUT2D eigenvalue weighted by atomic mass is 32.2. The molecule has 0 amide bonds. The van der Waals surface area contributed by atoms with Crippen LogP contribution in [0.3, 0.4) is 0 Å². The lowest BCUT2D eigenvalue weighted by molar-refractivity contribution is 0.0601. The molecule has 0 N–H and O–H groups in total. The second-order valence-electron chi connectivity index (χ2n) is 8.27. The maximum atomic E-state index is 11.7. The van der Waals surface area contributed by atoms with Crippen LogP contribution in [0.25, 0.3) is 0 Å². The molecule has 0 aromatic carbocycles. The monoisotopic (exact) mass is 344 g/mol. The number of likely N-dealkylation sites (tertiary alicyclic amines) is 1. The van der Waals surface area contributed by atoms with Crippen LogP contribution in [0.5, 0.6) is 0 Å². The number of piperidine rings is 1. The van der Waals surface area contributed by atoms with Gasteiger partial charge in [0.1, 0.15) is 0 Å². The third-order valence-electron chi connectivity index (χ3n) is 5.93. The summed E-state index contributed by atoms with van der Waals surface area (Å²) in [5.74, 6) is 0.816. The lowest BCUT2D eigenvalue weighted by Crippen LogP contribution is -2.44. The second-order valence-corrected chi connectivity index (χ2v) is 10.2. The fourth-order valence-electron chi connectivity index (χ4n) is 4.27. The summed E-state index contributed by atoms with van der Waals surface area (Å²) in [7, 11) is -3.04. The molecular formula is C17H32N2O3S. The number of rotatable bonds is 6. The van der Waals surface area contributed by atoms with Crippen molar-refractivity contribution in [2.24, 2.45) is 11.3 Å². The lowest BCUT2D eigenvalue weighted by Gasteiger charge is -2.38. The molecule has 134 valence electrons. The highest BCUT2D eigenvalue weighted by Crippen LogP contribution is 2.44. The van der Waals surface area contributed by atoms with Gasteiger partial charge in [-0.1, -0.05) is 0 Å². The van der Waals surface area contributed by atoms with Gasteiger partial charge in [-0.2, -0.15) is 0 Å². The van der Waals surface area contributed by atoms with Crippen LogP contribution in [-0.2, 0) is 14.8 Å². The summed E-state index contributed by atoms with van der Waals surface area (Å²) < 4.78 is 31.1. The second kappa shape index (κ2) is 6.62. The van der Waals surface area contributed by atoms with E-state index in [4.69, 9.17) is 4.74 Å². The van der Waals surface area contributed by atoms with Crippen LogP contribution in [0.1, 0.15) is 46.0 Å². The van der Waals surface area contributed by atoms with E-state index in [1.807, 2.05) is 0 Å². The fourth-order valence-corrected chi connectivity index (χ4v) is 5.11. The van der Waals surface area contributed by atoms with E-state index in [1.54, 1.807) is 4.31 Å². The zero-order valence-electron chi connectivity index (χ0n) is 14.8. The molecule has 0 aromatic heterocycles. The standard InChI is InChI=1S/C17H32N2O3S/c1-14(2)19-13-17(6-8-18(9-7-17)23(3,20)21)10-16(19)12-22-11-15-4-5-15/h14-16H,4-13H2,1-3H3/t16-/m0/s1. The molecule has 3 fully saturated rings. The van der Waals surface area contributed by atoms with Crippen LogP contribution in [0, 0.1) is 11.3 Å². The average molecular weight is 345 g/mol. The van der Waals surface area contributed by atoms with Crippen molar-refractivity contribution in [3.8, 4) is 0 Å². The minimum atomic E-state index is -3.04. The van der Waals surface area contributed by atoms with Crippen LogP contribution >= 0.6 is 0 Å². The maximum Gasteiger partial charge on any atom is 0.211 e. The van der Waals surface area contributed by atoms with E-state index in [-0.39, 0.29) is 0 Å². The van der Waals surface area contributed by atoms with Crippen LogP contribution in [0.15, 0.2) is 0 Å². The van der Waals surface area contributed by atoms with E-state index >= 15 is 0 Å². The van der Waals surface area contributed by atoms with Gasteiger partial charge in [0.15, 0.2) is 0 Å². The Balaban J connectivity index is 1.58. The molecule has 0 aromatic rings. The first kappa shape index (κ1) is 17.6. The Morgan fingerprint density at radius 2 is 1.83 bits per heavy atom. The Bertz CT molecular complexity index is 508. The molecule has 6 heteroatoms. The van der Waals surface area contributed by atoms with E-state index in [2.05, 4.69) is 18.7 Å². The summed E-state index contributed by atoms with van der Waals surface area (Å²) in [4.78, 5) is 2.59. The van der Waals surface area contributed by atoms with Crippen LogP contribution < -0.4 is 0 Å². The minimum absolute atomic E-state index is 0.291.